The van der Waals surface area contributed by atoms with Gasteiger partial charge in [0.1, 0.15) is 28.5 Å². The molecule has 15 rings (SSSR count). The summed E-state index contributed by atoms with van der Waals surface area (Å²) in [6.45, 7) is 27.6. The van der Waals surface area contributed by atoms with Crippen LogP contribution in [-0.4, -0.2) is 14.1 Å². The third-order valence-electron chi connectivity index (χ3n) is 18.2. The van der Waals surface area contributed by atoms with E-state index in [1.54, 1.807) is 0 Å². The molecule has 6 nitrogen and oxygen atoms in total. The van der Waals surface area contributed by atoms with Crippen LogP contribution in [0.15, 0.2) is 223 Å². The van der Waals surface area contributed by atoms with Gasteiger partial charge in [-0.3, -0.25) is 13.7 Å². The summed E-state index contributed by atoms with van der Waals surface area (Å²) in [4.78, 5) is 4.98. The summed E-state index contributed by atoms with van der Waals surface area (Å²) < 4.78 is 20.5. The van der Waals surface area contributed by atoms with Crippen molar-refractivity contribution >= 4 is 54.8 Å². The van der Waals surface area contributed by atoms with Crippen molar-refractivity contribution in [3.05, 3.63) is 247 Å². The van der Waals surface area contributed by atoms with Gasteiger partial charge in [0.15, 0.2) is 0 Å². The molecule has 0 atom stereocenters. The van der Waals surface area contributed by atoms with E-state index in [-0.39, 0.29) is 21.7 Å². The predicted octanol–water partition coefficient (Wildman–Crippen LogP) is 21.7. The molecule has 0 spiro atoms. The second-order valence-corrected chi connectivity index (χ2v) is 28.3. The molecule has 6 heteroatoms. The molecular formula is C82H72N4O2. The molecule has 5 heterocycles. The van der Waals surface area contributed by atoms with Gasteiger partial charge < -0.3 is 9.15 Å². The first-order valence-electron chi connectivity index (χ1n) is 30.9. The number of fused-ring (bicyclic) bond motifs is 13. The first-order chi connectivity index (χ1) is 42.1. The largest absolute Gasteiger partial charge is 0.458 e. The Hall–Kier alpha value is -9.78. The van der Waals surface area contributed by atoms with Crippen molar-refractivity contribution in [2.24, 2.45) is 0 Å². The summed E-state index contributed by atoms with van der Waals surface area (Å²) in [6, 6.07) is 78.0. The van der Waals surface area contributed by atoms with E-state index in [0.717, 1.165) is 117 Å². The summed E-state index contributed by atoms with van der Waals surface area (Å²) in [7, 11) is 0. The zero-order valence-corrected chi connectivity index (χ0v) is 52.4. The van der Waals surface area contributed by atoms with Gasteiger partial charge in [-0.1, -0.05) is 217 Å². The van der Waals surface area contributed by atoms with E-state index in [2.05, 4.69) is 309 Å². The van der Waals surface area contributed by atoms with Crippen molar-refractivity contribution < 1.29 is 13.7 Å². The second-order valence-electron chi connectivity index (χ2n) is 28.3. The number of furan rings is 1. The van der Waals surface area contributed by atoms with E-state index in [9.17, 15) is 0 Å². The SMILES string of the molecule is CC(C)(C)c1cc(-c2cc3c4c(c2)n(-c2cccc(Oc5ccc6c7ccccc7n(-c7cc(C(C)(C)C)ccn7)c6c5)c2)[c-][n+]4-c2c(-c4ccc5oc6ccccc6c5c4)cc(C(C)(C)C)cc2-c2ccccc2-c2ccccc2-3)cc(C(C)(C)C)c1. The van der Waals surface area contributed by atoms with Gasteiger partial charge in [0, 0.05) is 33.8 Å². The van der Waals surface area contributed by atoms with Gasteiger partial charge >= 0.3 is 0 Å². The number of pyridine rings is 1. The Kier molecular flexibility index (Phi) is 12.4. The Morgan fingerprint density at radius 2 is 0.966 bits per heavy atom. The lowest BCUT2D eigenvalue weighted by Gasteiger charge is -2.26. The van der Waals surface area contributed by atoms with Crippen LogP contribution in [0, 0.1) is 6.33 Å². The number of imidazole rings is 1. The van der Waals surface area contributed by atoms with E-state index in [1.807, 2.05) is 12.3 Å². The molecule has 88 heavy (non-hydrogen) atoms. The lowest BCUT2D eigenvalue weighted by atomic mass is 9.78. The van der Waals surface area contributed by atoms with Crippen molar-refractivity contribution in [1.29, 1.82) is 0 Å². The first-order valence-corrected chi connectivity index (χ1v) is 30.9. The molecule has 0 unspecified atom stereocenters. The van der Waals surface area contributed by atoms with Crippen LogP contribution in [0.5, 0.6) is 11.5 Å². The van der Waals surface area contributed by atoms with Crippen molar-refractivity contribution in [3.8, 4) is 84.3 Å². The molecule has 0 amide bonds. The third kappa shape index (κ3) is 9.22. The molecule has 0 saturated heterocycles. The van der Waals surface area contributed by atoms with Gasteiger partial charge in [-0.25, -0.2) is 4.98 Å². The number of aromatic nitrogens is 4. The molecule has 0 bridgehead atoms. The average Bonchev–Trinajstić information content (AvgIpc) is 1.54. The molecule has 1 aliphatic rings. The quantitative estimate of drug-likeness (QED) is 0.123. The summed E-state index contributed by atoms with van der Waals surface area (Å²) in [5.74, 6) is 2.30. The maximum atomic E-state index is 7.08. The smallest absolute Gasteiger partial charge is 0.269 e. The molecule has 432 valence electrons. The Morgan fingerprint density at radius 1 is 0.386 bits per heavy atom. The van der Waals surface area contributed by atoms with Crippen LogP contribution in [-0.2, 0) is 21.7 Å². The fourth-order valence-electron chi connectivity index (χ4n) is 13.2. The zero-order valence-electron chi connectivity index (χ0n) is 52.4. The standard InChI is InChI=1S/C82H72N4O2/c1-79(2,3)53-36-37-83-76(46-53)86-71-30-19-17-28-64(71)65-34-33-59(48-72(65)86)87-58-23-21-22-57(47-58)84-49-85-77-67(50-32-35-75-68(40-50)66-29-18-20-31-74(66)88-75)44-56(82(10,11)12)45-70(77)63-27-16-14-25-61(63)60-24-13-15-26-62(60)69-41-52(42-73(84)78(69)85)51-38-54(80(4,5)6)43-55(39-51)81(7,8)9/h13-48H,1-12H3. The minimum absolute atomic E-state index is 0.0497. The van der Waals surface area contributed by atoms with Gasteiger partial charge in [-0.05, 0) is 172 Å². The highest BCUT2D eigenvalue weighted by Gasteiger charge is 2.31. The Bertz CT molecular complexity index is 5140. The molecular weight excluding hydrogens is 1070 g/mol. The van der Waals surface area contributed by atoms with Crippen molar-refractivity contribution in [1.82, 2.24) is 14.1 Å². The van der Waals surface area contributed by atoms with Crippen LogP contribution < -0.4 is 9.30 Å². The number of para-hydroxylation sites is 2. The van der Waals surface area contributed by atoms with Crippen molar-refractivity contribution in [2.75, 3.05) is 0 Å². The van der Waals surface area contributed by atoms with Gasteiger partial charge in [-0.2, -0.15) is 0 Å². The summed E-state index contributed by atoms with van der Waals surface area (Å²) in [6.07, 6.45) is 6.09. The van der Waals surface area contributed by atoms with E-state index in [4.69, 9.17) is 14.1 Å². The van der Waals surface area contributed by atoms with Crippen molar-refractivity contribution in [2.45, 2.75) is 105 Å². The van der Waals surface area contributed by atoms with E-state index < -0.39 is 0 Å². The maximum Gasteiger partial charge on any atom is 0.269 e. The highest BCUT2D eigenvalue weighted by molar-refractivity contribution is 6.10. The summed E-state index contributed by atoms with van der Waals surface area (Å²) in [5, 5.41) is 4.47. The van der Waals surface area contributed by atoms with Crippen molar-refractivity contribution in [3.63, 3.8) is 0 Å². The Labute approximate surface area is 516 Å². The molecule has 10 aromatic carbocycles. The summed E-state index contributed by atoms with van der Waals surface area (Å²) >= 11 is 0. The first kappa shape index (κ1) is 54.8. The van der Waals surface area contributed by atoms with Crippen LogP contribution in [0.2, 0.25) is 0 Å². The lowest BCUT2D eigenvalue weighted by Crippen LogP contribution is -2.32. The minimum atomic E-state index is -0.201. The highest BCUT2D eigenvalue weighted by Crippen LogP contribution is 2.49. The monoisotopic (exact) mass is 1140 g/mol. The topological polar surface area (TPSA) is 49.0 Å². The highest BCUT2D eigenvalue weighted by atomic mass is 16.5. The van der Waals surface area contributed by atoms with E-state index >= 15 is 0 Å². The van der Waals surface area contributed by atoms with Gasteiger partial charge in [-0.15, -0.1) is 0 Å². The number of benzene rings is 10. The number of hydrogen-bond acceptors (Lipinski definition) is 3. The molecule has 1 aliphatic heterocycles. The minimum Gasteiger partial charge on any atom is -0.458 e. The second kappa shape index (κ2) is 19.9. The fraction of sp³-hybridized carbons (Fsp3) is 0.195. The third-order valence-corrected chi connectivity index (χ3v) is 18.2. The van der Waals surface area contributed by atoms with Gasteiger partial charge in [0.25, 0.3) is 6.33 Å². The molecule has 0 aliphatic carbocycles. The Morgan fingerprint density at radius 3 is 1.67 bits per heavy atom. The van der Waals surface area contributed by atoms with Gasteiger partial charge in [0.05, 0.1) is 33.4 Å². The lowest BCUT2D eigenvalue weighted by molar-refractivity contribution is -0.570. The summed E-state index contributed by atoms with van der Waals surface area (Å²) in [5.41, 5.74) is 23.8. The molecule has 0 N–H and O–H groups in total. The van der Waals surface area contributed by atoms with Crippen LogP contribution in [0.4, 0.5) is 0 Å². The van der Waals surface area contributed by atoms with Crippen LogP contribution in [0.25, 0.3) is 128 Å². The van der Waals surface area contributed by atoms with E-state index in [1.165, 1.54) is 38.9 Å². The zero-order chi connectivity index (χ0) is 60.8. The number of ether oxygens (including phenoxy) is 1. The normalized spacial score (nSPS) is 12.8. The number of nitrogens with zero attached hydrogens (tertiary/aromatic N) is 4. The van der Waals surface area contributed by atoms with E-state index in [0.29, 0.717) is 5.75 Å². The molecule has 0 fully saturated rings. The number of rotatable bonds is 6. The molecule has 14 aromatic rings. The molecule has 0 radical (unpaired) electrons. The average molecular weight is 1150 g/mol. The fourth-order valence-corrected chi connectivity index (χ4v) is 13.2. The van der Waals surface area contributed by atoms with Crippen LogP contribution in [0.1, 0.15) is 105 Å². The Balaban J connectivity index is 1.01. The van der Waals surface area contributed by atoms with Crippen LogP contribution >= 0.6 is 0 Å². The van der Waals surface area contributed by atoms with Gasteiger partial charge in [0.2, 0.25) is 0 Å². The van der Waals surface area contributed by atoms with Crippen LogP contribution in [0.3, 0.4) is 0 Å². The molecule has 4 aromatic heterocycles. The number of hydrogen-bond donors (Lipinski definition) is 0. The maximum absolute atomic E-state index is 7.08. The predicted molar refractivity (Wildman–Crippen MR) is 365 cm³/mol. The molecule has 0 saturated carbocycles.